The summed E-state index contributed by atoms with van der Waals surface area (Å²) in [6.45, 7) is 2.18. The minimum atomic E-state index is -0.315. The maximum absolute atomic E-state index is 11.8. The minimum absolute atomic E-state index is 0.315. The number of esters is 1. The predicted molar refractivity (Wildman–Crippen MR) is 79.9 cm³/mol. The van der Waals surface area contributed by atoms with Gasteiger partial charge in [0.15, 0.2) is 0 Å². The maximum Gasteiger partial charge on any atom is 0.338 e. The molecule has 0 heterocycles. The molecule has 0 aliphatic heterocycles. The molecular formula is C15H21BrO3. The number of rotatable bonds is 7. The fourth-order valence-electron chi connectivity index (χ4n) is 2.07. The molecule has 0 unspecified atom stereocenters. The van der Waals surface area contributed by atoms with E-state index >= 15 is 0 Å². The van der Waals surface area contributed by atoms with Gasteiger partial charge in [0.25, 0.3) is 0 Å². The zero-order chi connectivity index (χ0) is 14.3. The zero-order valence-electron chi connectivity index (χ0n) is 11.8. The Kier molecular flexibility index (Phi) is 6.92. The van der Waals surface area contributed by atoms with Crippen LogP contribution in [-0.4, -0.2) is 20.2 Å². The average Bonchev–Trinajstić information content (AvgIpc) is 2.43. The maximum atomic E-state index is 11.8. The molecule has 0 aromatic heterocycles. The van der Waals surface area contributed by atoms with Crippen molar-refractivity contribution in [1.82, 2.24) is 0 Å². The molecule has 1 rings (SSSR count). The fourth-order valence-corrected chi connectivity index (χ4v) is 2.51. The van der Waals surface area contributed by atoms with Crippen LogP contribution < -0.4 is 4.74 Å². The van der Waals surface area contributed by atoms with E-state index in [1.165, 1.54) is 20.0 Å². The number of hydrogen-bond acceptors (Lipinski definition) is 3. The lowest BCUT2D eigenvalue weighted by molar-refractivity contribution is 0.0599. The Balaban J connectivity index is 2.99. The Morgan fingerprint density at radius 2 is 1.95 bits per heavy atom. The summed E-state index contributed by atoms with van der Waals surface area (Å²) in [5.74, 6) is 0.427. The molecule has 0 spiro atoms. The van der Waals surface area contributed by atoms with Gasteiger partial charge < -0.3 is 9.47 Å². The molecule has 19 heavy (non-hydrogen) atoms. The van der Waals surface area contributed by atoms with Crippen molar-refractivity contribution >= 4 is 21.9 Å². The van der Waals surface area contributed by atoms with Gasteiger partial charge in [-0.15, -0.1) is 0 Å². The average molecular weight is 329 g/mol. The van der Waals surface area contributed by atoms with E-state index in [4.69, 9.17) is 9.47 Å². The lowest BCUT2D eigenvalue weighted by Gasteiger charge is -2.13. The van der Waals surface area contributed by atoms with Crippen LogP contribution in [0.25, 0.3) is 0 Å². The Bertz CT molecular complexity index is 430. The second-order valence-electron chi connectivity index (χ2n) is 4.44. The number of methoxy groups -OCH3 is 2. The van der Waals surface area contributed by atoms with Crippen LogP contribution in [0.3, 0.4) is 0 Å². The van der Waals surface area contributed by atoms with E-state index in [1.807, 2.05) is 6.07 Å². The quantitative estimate of drug-likeness (QED) is 0.550. The van der Waals surface area contributed by atoms with E-state index in [2.05, 4.69) is 22.9 Å². The van der Waals surface area contributed by atoms with Crippen molar-refractivity contribution < 1.29 is 14.3 Å². The van der Waals surface area contributed by atoms with Crippen LogP contribution in [0.2, 0.25) is 0 Å². The van der Waals surface area contributed by atoms with Gasteiger partial charge in [-0.2, -0.15) is 0 Å². The molecule has 0 N–H and O–H groups in total. The van der Waals surface area contributed by atoms with Crippen molar-refractivity contribution in [2.24, 2.45) is 0 Å². The van der Waals surface area contributed by atoms with E-state index < -0.39 is 0 Å². The SMILES string of the molecule is CCCCCCc1c(OC)cc(Br)cc1C(=O)OC. The molecule has 4 heteroatoms. The summed E-state index contributed by atoms with van der Waals surface area (Å²) in [7, 11) is 3.02. The monoisotopic (exact) mass is 328 g/mol. The summed E-state index contributed by atoms with van der Waals surface area (Å²) < 4.78 is 11.0. The first kappa shape index (κ1) is 16.0. The number of carbonyl (C=O) groups excluding carboxylic acids is 1. The van der Waals surface area contributed by atoms with E-state index in [1.54, 1.807) is 13.2 Å². The molecule has 0 radical (unpaired) electrons. The van der Waals surface area contributed by atoms with Gasteiger partial charge in [-0.1, -0.05) is 42.1 Å². The molecule has 0 amide bonds. The molecule has 0 fully saturated rings. The molecule has 1 aromatic carbocycles. The summed E-state index contributed by atoms with van der Waals surface area (Å²) >= 11 is 3.39. The molecule has 3 nitrogen and oxygen atoms in total. The summed E-state index contributed by atoms with van der Waals surface area (Å²) in [5.41, 5.74) is 1.53. The van der Waals surface area contributed by atoms with Gasteiger partial charge in [0.1, 0.15) is 5.75 Å². The second-order valence-corrected chi connectivity index (χ2v) is 5.35. The van der Waals surface area contributed by atoms with Gasteiger partial charge in [-0.25, -0.2) is 4.79 Å². The molecular weight excluding hydrogens is 308 g/mol. The smallest absolute Gasteiger partial charge is 0.338 e. The lowest BCUT2D eigenvalue weighted by Crippen LogP contribution is -2.08. The second kappa shape index (κ2) is 8.20. The van der Waals surface area contributed by atoms with Crippen LogP contribution in [0.5, 0.6) is 5.75 Å². The molecule has 0 aliphatic carbocycles. The van der Waals surface area contributed by atoms with Gasteiger partial charge >= 0.3 is 5.97 Å². The Hall–Kier alpha value is -1.03. The highest BCUT2D eigenvalue weighted by atomic mass is 79.9. The molecule has 0 saturated heterocycles. The standard InChI is InChI=1S/C15H21BrO3/c1-4-5-6-7-8-12-13(15(17)19-3)9-11(16)10-14(12)18-2/h9-10H,4-8H2,1-3H3. The zero-order valence-corrected chi connectivity index (χ0v) is 13.4. The van der Waals surface area contributed by atoms with Gasteiger partial charge in [-0.3, -0.25) is 0 Å². The highest BCUT2D eigenvalue weighted by Crippen LogP contribution is 2.29. The van der Waals surface area contributed by atoms with Gasteiger partial charge in [0, 0.05) is 10.0 Å². The number of hydrogen-bond donors (Lipinski definition) is 0. The third-order valence-electron chi connectivity index (χ3n) is 3.08. The fraction of sp³-hybridized carbons (Fsp3) is 0.533. The molecule has 0 aliphatic rings. The number of unbranched alkanes of at least 4 members (excludes halogenated alkanes) is 3. The highest BCUT2D eigenvalue weighted by molar-refractivity contribution is 9.10. The first-order chi connectivity index (χ1) is 9.13. The minimum Gasteiger partial charge on any atom is -0.496 e. The Labute approximate surface area is 123 Å². The molecule has 0 bridgehead atoms. The largest absolute Gasteiger partial charge is 0.496 e. The molecule has 1 aromatic rings. The number of carbonyl (C=O) groups is 1. The van der Waals surface area contributed by atoms with Crippen LogP contribution in [0.1, 0.15) is 48.5 Å². The number of ether oxygens (including phenoxy) is 2. The topological polar surface area (TPSA) is 35.5 Å². The third-order valence-corrected chi connectivity index (χ3v) is 3.54. The van der Waals surface area contributed by atoms with Crippen molar-refractivity contribution in [3.63, 3.8) is 0 Å². The van der Waals surface area contributed by atoms with Crippen molar-refractivity contribution in [3.8, 4) is 5.75 Å². The summed E-state index contributed by atoms with van der Waals surface area (Å²) in [5, 5.41) is 0. The van der Waals surface area contributed by atoms with E-state index in [0.29, 0.717) is 5.56 Å². The van der Waals surface area contributed by atoms with Gasteiger partial charge in [0.05, 0.1) is 19.8 Å². The van der Waals surface area contributed by atoms with Crippen molar-refractivity contribution in [3.05, 3.63) is 27.7 Å². The van der Waals surface area contributed by atoms with E-state index in [-0.39, 0.29) is 5.97 Å². The van der Waals surface area contributed by atoms with Crippen LogP contribution in [0.15, 0.2) is 16.6 Å². The first-order valence-corrected chi connectivity index (χ1v) is 7.38. The predicted octanol–water partition coefficient (Wildman–Crippen LogP) is 4.37. The highest BCUT2D eigenvalue weighted by Gasteiger charge is 2.17. The summed E-state index contributed by atoms with van der Waals surface area (Å²) in [6.07, 6.45) is 5.46. The van der Waals surface area contributed by atoms with E-state index in [9.17, 15) is 4.79 Å². The van der Waals surface area contributed by atoms with Crippen LogP contribution in [0.4, 0.5) is 0 Å². The van der Waals surface area contributed by atoms with Crippen molar-refractivity contribution in [1.29, 1.82) is 0 Å². The van der Waals surface area contributed by atoms with Crippen LogP contribution in [0, 0.1) is 0 Å². The summed E-state index contributed by atoms with van der Waals surface area (Å²) in [4.78, 5) is 11.8. The van der Waals surface area contributed by atoms with Gasteiger partial charge in [-0.05, 0) is 25.0 Å². The van der Waals surface area contributed by atoms with Crippen LogP contribution >= 0.6 is 15.9 Å². The molecule has 0 saturated carbocycles. The normalized spacial score (nSPS) is 10.3. The first-order valence-electron chi connectivity index (χ1n) is 6.58. The number of halogens is 1. The Morgan fingerprint density at radius 3 is 2.53 bits per heavy atom. The Morgan fingerprint density at radius 1 is 1.21 bits per heavy atom. The number of benzene rings is 1. The van der Waals surface area contributed by atoms with Crippen molar-refractivity contribution in [2.75, 3.05) is 14.2 Å². The van der Waals surface area contributed by atoms with E-state index in [0.717, 1.165) is 35.0 Å². The van der Waals surface area contributed by atoms with Gasteiger partial charge in [0.2, 0.25) is 0 Å². The lowest BCUT2D eigenvalue weighted by atomic mass is 9.99. The molecule has 106 valence electrons. The van der Waals surface area contributed by atoms with Crippen molar-refractivity contribution in [2.45, 2.75) is 39.0 Å². The summed E-state index contributed by atoms with van der Waals surface area (Å²) in [6, 6.07) is 3.69. The third kappa shape index (κ3) is 4.53. The van der Waals surface area contributed by atoms with Crippen LogP contribution in [-0.2, 0) is 11.2 Å². The molecule has 0 atom stereocenters.